The van der Waals surface area contributed by atoms with Gasteiger partial charge in [-0.15, -0.1) is 0 Å². The van der Waals surface area contributed by atoms with Crippen LogP contribution in [0.25, 0.3) is 10.9 Å². The molecule has 0 aliphatic carbocycles. The Morgan fingerprint density at radius 1 is 1.22 bits per heavy atom. The molecular formula is C16H11ClF2N2O2. The monoisotopic (exact) mass is 336 g/mol. The van der Waals surface area contributed by atoms with Gasteiger partial charge in [0.2, 0.25) is 0 Å². The Balaban J connectivity index is 2.01. The van der Waals surface area contributed by atoms with E-state index in [1.54, 1.807) is 36.4 Å². The Bertz CT molecular complexity index is 912. The van der Waals surface area contributed by atoms with E-state index >= 15 is 0 Å². The smallest absolute Gasteiger partial charge is 0.387 e. The van der Waals surface area contributed by atoms with Gasteiger partial charge in [0, 0.05) is 10.6 Å². The molecule has 0 aliphatic heterocycles. The molecular weight excluding hydrogens is 326 g/mol. The van der Waals surface area contributed by atoms with Crippen LogP contribution in [0.4, 0.5) is 8.78 Å². The van der Waals surface area contributed by atoms with Crippen molar-refractivity contribution in [1.29, 1.82) is 0 Å². The van der Waals surface area contributed by atoms with Crippen LogP contribution < -0.4 is 10.3 Å². The molecule has 0 N–H and O–H groups in total. The molecule has 2 aromatic carbocycles. The van der Waals surface area contributed by atoms with Crippen LogP contribution in [-0.2, 0) is 6.54 Å². The molecule has 0 bridgehead atoms. The zero-order chi connectivity index (χ0) is 16.4. The van der Waals surface area contributed by atoms with E-state index in [1.807, 2.05) is 0 Å². The molecule has 0 atom stereocenters. The van der Waals surface area contributed by atoms with Crippen molar-refractivity contribution in [3.63, 3.8) is 0 Å². The zero-order valence-electron chi connectivity index (χ0n) is 11.7. The largest absolute Gasteiger partial charge is 0.434 e. The number of benzene rings is 2. The van der Waals surface area contributed by atoms with Crippen LogP contribution in [0.5, 0.6) is 5.75 Å². The Labute approximate surface area is 134 Å². The van der Waals surface area contributed by atoms with Crippen molar-refractivity contribution >= 4 is 22.5 Å². The fourth-order valence-electron chi connectivity index (χ4n) is 2.27. The van der Waals surface area contributed by atoms with Gasteiger partial charge in [0.1, 0.15) is 5.75 Å². The highest BCUT2D eigenvalue weighted by atomic mass is 35.5. The molecule has 3 aromatic rings. The molecule has 1 heterocycles. The summed E-state index contributed by atoms with van der Waals surface area (Å²) in [7, 11) is 0. The number of hydrogen-bond donors (Lipinski definition) is 0. The fraction of sp³-hybridized carbons (Fsp3) is 0.125. The SMILES string of the molecule is O=c1c2ccc(Cl)cc2ncn1Cc1ccccc1OC(F)F. The third-order valence-electron chi connectivity index (χ3n) is 3.32. The zero-order valence-corrected chi connectivity index (χ0v) is 12.5. The molecule has 1 aromatic heterocycles. The van der Waals surface area contributed by atoms with Crippen molar-refractivity contribution in [2.45, 2.75) is 13.2 Å². The van der Waals surface area contributed by atoms with Gasteiger partial charge in [0.15, 0.2) is 0 Å². The van der Waals surface area contributed by atoms with Crippen molar-refractivity contribution in [1.82, 2.24) is 9.55 Å². The summed E-state index contributed by atoms with van der Waals surface area (Å²) in [5.74, 6) is 0.0330. The number of halogens is 3. The number of hydrogen-bond acceptors (Lipinski definition) is 3. The summed E-state index contributed by atoms with van der Waals surface area (Å²) in [6.07, 6.45) is 1.36. The summed E-state index contributed by atoms with van der Waals surface area (Å²) in [5.41, 5.74) is 0.666. The van der Waals surface area contributed by atoms with E-state index in [2.05, 4.69) is 9.72 Å². The average molecular weight is 337 g/mol. The average Bonchev–Trinajstić information content (AvgIpc) is 2.51. The van der Waals surface area contributed by atoms with E-state index < -0.39 is 6.61 Å². The topological polar surface area (TPSA) is 44.1 Å². The summed E-state index contributed by atoms with van der Waals surface area (Å²) in [6, 6.07) is 11.1. The summed E-state index contributed by atoms with van der Waals surface area (Å²) < 4.78 is 30.7. The van der Waals surface area contributed by atoms with E-state index in [0.29, 0.717) is 21.5 Å². The highest BCUT2D eigenvalue weighted by molar-refractivity contribution is 6.31. The van der Waals surface area contributed by atoms with Gasteiger partial charge in [0.05, 0.1) is 23.8 Å². The van der Waals surface area contributed by atoms with Gasteiger partial charge in [0.25, 0.3) is 5.56 Å². The Kier molecular flexibility index (Phi) is 4.25. The lowest BCUT2D eigenvalue weighted by molar-refractivity contribution is -0.0504. The van der Waals surface area contributed by atoms with Crippen LogP contribution in [0.15, 0.2) is 53.6 Å². The molecule has 0 spiro atoms. The molecule has 0 amide bonds. The minimum Gasteiger partial charge on any atom is -0.434 e. The number of nitrogens with zero attached hydrogens (tertiary/aromatic N) is 2. The van der Waals surface area contributed by atoms with Crippen LogP contribution in [-0.4, -0.2) is 16.2 Å². The van der Waals surface area contributed by atoms with Crippen molar-refractivity contribution in [2.24, 2.45) is 0 Å². The first-order chi connectivity index (χ1) is 11.0. The highest BCUT2D eigenvalue weighted by Crippen LogP contribution is 2.21. The van der Waals surface area contributed by atoms with Gasteiger partial charge in [-0.05, 0) is 24.3 Å². The summed E-state index contributed by atoms with van der Waals surface area (Å²) >= 11 is 5.87. The Morgan fingerprint density at radius 2 is 2.00 bits per heavy atom. The standard InChI is InChI=1S/C16H11ClF2N2O2/c17-11-5-6-12-13(7-11)20-9-21(15(12)22)8-10-3-1-2-4-14(10)23-16(18)19/h1-7,9,16H,8H2. The molecule has 0 saturated carbocycles. The van der Waals surface area contributed by atoms with E-state index in [4.69, 9.17) is 11.6 Å². The molecule has 23 heavy (non-hydrogen) atoms. The van der Waals surface area contributed by atoms with E-state index in [-0.39, 0.29) is 17.9 Å². The normalized spacial score (nSPS) is 11.1. The summed E-state index contributed by atoms with van der Waals surface area (Å²) in [5, 5.41) is 0.891. The predicted octanol–water partition coefficient (Wildman–Crippen LogP) is 3.70. The van der Waals surface area contributed by atoms with E-state index in [9.17, 15) is 13.6 Å². The second-order valence-corrected chi connectivity index (χ2v) is 5.26. The van der Waals surface area contributed by atoms with Crippen molar-refractivity contribution in [3.8, 4) is 5.75 Å². The molecule has 118 valence electrons. The quantitative estimate of drug-likeness (QED) is 0.729. The van der Waals surface area contributed by atoms with Gasteiger partial charge in [-0.25, -0.2) is 4.98 Å². The fourth-order valence-corrected chi connectivity index (χ4v) is 2.44. The lowest BCUT2D eigenvalue weighted by atomic mass is 10.2. The maximum Gasteiger partial charge on any atom is 0.387 e. The first kappa shape index (κ1) is 15.4. The number of para-hydroxylation sites is 1. The second-order valence-electron chi connectivity index (χ2n) is 4.83. The van der Waals surface area contributed by atoms with Crippen LogP contribution in [0.2, 0.25) is 5.02 Å². The molecule has 3 rings (SSSR count). The van der Waals surface area contributed by atoms with Crippen LogP contribution in [0.1, 0.15) is 5.56 Å². The number of ether oxygens (including phenoxy) is 1. The van der Waals surface area contributed by atoms with Crippen molar-refractivity contribution in [2.75, 3.05) is 0 Å². The lowest BCUT2D eigenvalue weighted by Crippen LogP contribution is -2.21. The summed E-state index contributed by atoms with van der Waals surface area (Å²) in [4.78, 5) is 16.6. The van der Waals surface area contributed by atoms with Gasteiger partial charge in [-0.3, -0.25) is 9.36 Å². The van der Waals surface area contributed by atoms with Gasteiger partial charge in [-0.1, -0.05) is 29.8 Å². The second kappa shape index (κ2) is 6.34. The van der Waals surface area contributed by atoms with Gasteiger partial charge in [-0.2, -0.15) is 8.78 Å². The van der Waals surface area contributed by atoms with E-state index in [1.165, 1.54) is 17.0 Å². The number of fused-ring (bicyclic) bond motifs is 1. The number of alkyl halides is 2. The van der Waals surface area contributed by atoms with E-state index in [0.717, 1.165) is 0 Å². The highest BCUT2D eigenvalue weighted by Gasteiger charge is 2.11. The third kappa shape index (κ3) is 3.32. The Hall–Kier alpha value is -2.47. The predicted molar refractivity (Wildman–Crippen MR) is 83.2 cm³/mol. The molecule has 0 aliphatic rings. The first-order valence-electron chi connectivity index (χ1n) is 6.72. The van der Waals surface area contributed by atoms with Crippen LogP contribution >= 0.6 is 11.6 Å². The maximum absolute atomic E-state index is 12.5. The molecule has 4 nitrogen and oxygen atoms in total. The van der Waals surface area contributed by atoms with Crippen LogP contribution in [0, 0.1) is 0 Å². The minimum absolute atomic E-state index is 0.0330. The Morgan fingerprint density at radius 3 is 2.78 bits per heavy atom. The maximum atomic E-state index is 12.5. The first-order valence-corrected chi connectivity index (χ1v) is 7.10. The molecule has 0 radical (unpaired) electrons. The molecule has 0 fully saturated rings. The van der Waals surface area contributed by atoms with Crippen molar-refractivity contribution < 1.29 is 13.5 Å². The number of aromatic nitrogens is 2. The third-order valence-corrected chi connectivity index (χ3v) is 3.55. The van der Waals surface area contributed by atoms with Gasteiger partial charge < -0.3 is 4.74 Å². The van der Waals surface area contributed by atoms with Crippen molar-refractivity contribution in [3.05, 3.63) is 69.7 Å². The minimum atomic E-state index is -2.93. The van der Waals surface area contributed by atoms with Crippen LogP contribution in [0.3, 0.4) is 0 Å². The molecule has 0 unspecified atom stereocenters. The van der Waals surface area contributed by atoms with Gasteiger partial charge >= 0.3 is 6.61 Å². The summed E-state index contributed by atoms with van der Waals surface area (Å²) in [6.45, 7) is -2.85. The molecule has 7 heteroatoms. The lowest BCUT2D eigenvalue weighted by Gasteiger charge is -2.12. The molecule has 0 saturated heterocycles. The number of rotatable bonds is 4.